The topological polar surface area (TPSA) is 18.5 Å². The summed E-state index contributed by atoms with van der Waals surface area (Å²) in [5.74, 6) is 2.16. The number of benzene rings is 1. The van der Waals surface area contributed by atoms with Crippen molar-refractivity contribution >= 4 is 15.9 Å². The number of halogens is 1. The van der Waals surface area contributed by atoms with Crippen molar-refractivity contribution in [3.63, 3.8) is 0 Å². The fourth-order valence-electron chi connectivity index (χ4n) is 1.92. The Kier molecular flexibility index (Phi) is 5.83. The van der Waals surface area contributed by atoms with Crippen LogP contribution in [0, 0.1) is 0 Å². The molecule has 0 amide bonds. The molecule has 2 atom stereocenters. The lowest BCUT2D eigenvalue weighted by atomic mass is 9.94. The molecular weight excluding hydrogens is 280 g/mol. The zero-order valence-corrected chi connectivity index (χ0v) is 12.6. The van der Waals surface area contributed by atoms with Gasteiger partial charge in [-0.25, -0.2) is 0 Å². The minimum Gasteiger partial charge on any atom is -0.497 e. The molecule has 0 aliphatic heterocycles. The van der Waals surface area contributed by atoms with Gasteiger partial charge in [-0.2, -0.15) is 0 Å². The van der Waals surface area contributed by atoms with E-state index in [1.807, 2.05) is 12.1 Å². The molecule has 0 heterocycles. The van der Waals surface area contributed by atoms with Crippen molar-refractivity contribution in [2.24, 2.45) is 0 Å². The highest BCUT2D eigenvalue weighted by atomic mass is 79.9. The Morgan fingerprint density at radius 2 is 1.94 bits per heavy atom. The quantitative estimate of drug-likeness (QED) is 0.726. The van der Waals surface area contributed by atoms with Crippen molar-refractivity contribution in [2.45, 2.75) is 37.4 Å². The van der Waals surface area contributed by atoms with Crippen molar-refractivity contribution in [3.8, 4) is 11.5 Å². The van der Waals surface area contributed by atoms with E-state index in [4.69, 9.17) is 9.47 Å². The minimum atomic E-state index is 0.427. The van der Waals surface area contributed by atoms with Crippen molar-refractivity contribution in [2.75, 3.05) is 14.2 Å². The lowest BCUT2D eigenvalue weighted by Crippen LogP contribution is -2.10. The van der Waals surface area contributed by atoms with Gasteiger partial charge in [-0.3, -0.25) is 0 Å². The van der Waals surface area contributed by atoms with E-state index < -0.39 is 0 Å². The Labute approximate surface area is 112 Å². The molecule has 0 bridgehead atoms. The van der Waals surface area contributed by atoms with Gasteiger partial charge in [-0.1, -0.05) is 42.3 Å². The molecule has 96 valence electrons. The van der Waals surface area contributed by atoms with Gasteiger partial charge in [0.25, 0.3) is 0 Å². The molecule has 0 spiro atoms. The summed E-state index contributed by atoms with van der Waals surface area (Å²) in [5.41, 5.74) is 1.23. The van der Waals surface area contributed by atoms with Gasteiger partial charge in [-0.05, 0) is 24.0 Å². The van der Waals surface area contributed by atoms with E-state index in [1.165, 1.54) is 12.0 Å². The molecule has 0 fully saturated rings. The molecule has 0 radical (unpaired) electrons. The smallest absolute Gasteiger partial charge is 0.126 e. The summed E-state index contributed by atoms with van der Waals surface area (Å²) < 4.78 is 10.6. The van der Waals surface area contributed by atoms with E-state index in [9.17, 15) is 0 Å². The maximum Gasteiger partial charge on any atom is 0.126 e. The van der Waals surface area contributed by atoms with Crippen LogP contribution in [0.2, 0.25) is 0 Å². The Hall–Kier alpha value is -0.700. The normalized spacial score (nSPS) is 14.2. The number of methoxy groups -OCH3 is 2. The Balaban J connectivity index is 2.96. The molecule has 3 heteroatoms. The average molecular weight is 301 g/mol. The highest BCUT2D eigenvalue weighted by molar-refractivity contribution is 9.09. The maximum absolute atomic E-state index is 5.44. The predicted octanol–water partition coefficient (Wildman–Crippen LogP) is 4.37. The molecule has 1 aromatic rings. The summed E-state index contributed by atoms with van der Waals surface area (Å²) in [6.45, 7) is 4.42. The summed E-state index contributed by atoms with van der Waals surface area (Å²) in [5, 5.41) is 0. The summed E-state index contributed by atoms with van der Waals surface area (Å²) in [7, 11) is 3.37. The minimum absolute atomic E-state index is 0.427. The molecule has 2 unspecified atom stereocenters. The molecule has 1 rings (SSSR count). The molecule has 0 N–H and O–H groups in total. The van der Waals surface area contributed by atoms with Gasteiger partial charge in [0.15, 0.2) is 0 Å². The summed E-state index contributed by atoms with van der Waals surface area (Å²) in [6, 6.07) is 6.02. The van der Waals surface area contributed by atoms with E-state index in [2.05, 4.69) is 35.8 Å². The predicted molar refractivity (Wildman–Crippen MR) is 75.6 cm³/mol. The second-order valence-corrected chi connectivity index (χ2v) is 5.38. The van der Waals surface area contributed by atoms with Crippen LogP contribution in [0.15, 0.2) is 18.2 Å². The number of hydrogen-bond acceptors (Lipinski definition) is 2. The third-order valence-electron chi connectivity index (χ3n) is 3.04. The second-order valence-electron chi connectivity index (χ2n) is 4.20. The van der Waals surface area contributed by atoms with E-state index in [1.54, 1.807) is 14.2 Å². The van der Waals surface area contributed by atoms with Gasteiger partial charge >= 0.3 is 0 Å². The van der Waals surface area contributed by atoms with E-state index in [0.29, 0.717) is 10.7 Å². The highest BCUT2D eigenvalue weighted by Gasteiger charge is 2.19. The van der Waals surface area contributed by atoms with Crippen molar-refractivity contribution in [3.05, 3.63) is 23.8 Å². The average Bonchev–Trinajstić information content (AvgIpc) is 2.37. The first-order chi connectivity index (χ1) is 8.13. The fraction of sp³-hybridized carbons (Fsp3) is 0.571. The number of hydrogen-bond donors (Lipinski definition) is 0. The van der Waals surface area contributed by atoms with Gasteiger partial charge in [0, 0.05) is 10.9 Å². The van der Waals surface area contributed by atoms with Crippen LogP contribution < -0.4 is 9.47 Å². The Morgan fingerprint density at radius 3 is 2.47 bits per heavy atom. The molecule has 1 aromatic carbocycles. The molecule has 0 aliphatic carbocycles. The van der Waals surface area contributed by atoms with Crippen LogP contribution in [0.4, 0.5) is 0 Å². The van der Waals surface area contributed by atoms with Crippen LogP contribution in [0.25, 0.3) is 0 Å². The van der Waals surface area contributed by atoms with Gasteiger partial charge in [-0.15, -0.1) is 0 Å². The van der Waals surface area contributed by atoms with Crippen LogP contribution in [0.5, 0.6) is 11.5 Å². The van der Waals surface area contributed by atoms with Gasteiger partial charge in [0.1, 0.15) is 11.5 Å². The number of rotatable bonds is 6. The van der Waals surface area contributed by atoms with Crippen LogP contribution in [0.1, 0.15) is 38.2 Å². The van der Waals surface area contributed by atoms with Gasteiger partial charge in [0.05, 0.1) is 14.2 Å². The summed E-state index contributed by atoms with van der Waals surface area (Å²) in [4.78, 5) is 0.481. The van der Waals surface area contributed by atoms with E-state index in [0.717, 1.165) is 17.9 Å². The molecule has 0 aromatic heterocycles. The first kappa shape index (κ1) is 14.4. The summed E-state index contributed by atoms with van der Waals surface area (Å²) in [6.07, 6.45) is 2.34. The second kappa shape index (κ2) is 6.90. The van der Waals surface area contributed by atoms with Crippen LogP contribution in [0.3, 0.4) is 0 Å². The van der Waals surface area contributed by atoms with E-state index >= 15 is 0 Å². The van der Waals surface area contributed by atoms with Gasteiger partial charge in [0.2, 0.25) is 0 Å². The number of alkyl halides is 1. The lowest BCUT2D eigenvalue weighted by Gasteiger charge is -2.21. The Morgan fingerprint density at radius 1 is 1.24 bits per heavy atom. The molecular formula is C14H21BrO2. The molecule has 0 saturated heterocycles. The maximum atomic E-state index is 5.44. The largest absolute Gasteiger partial charge is 0.497 e. The molecule has 2 nitrogen and oxygen atoms in total. The third kappa shape index (κ3) is 3.63. The number of ether oxygens (including phenoxy) is 2. The first-order valence-corrected chi connectivity index (χ1v) is 6.91. The lowest BCUT2D eigenvalue weighted by molar-refractivity contribution is 0.388. The van der Waals surface area contributed by atoms with Crippen LogP contribution in [-0.4, -0.2) is 19.0 Å². The zero-order valence-electron chi connectivity index (χ0n) is 11.0. The third-order valence-corrected chi connectivity index (χ3v) is 4.29. The standard InChI is InChI=1S/C14H21BrO2/c1-5-6-13(15)10(2)12-8-7-11(16-3)9-14(12)17-4/h7-10,13H,5-6H2,1-4H3. The van der Waals surface area contributed by atoms with Crippen LogP contribution >= 0.6 is 15.9 Å². The fourth-order valence-corrected chi connectivity index (χ4v) is 2.66. The molecule has 0 aliphatic rings. The van der Waals surface area contributed by atoms with Crippen LogP contribution in [-0.2, 0) is 0 Å². The van der Waals surface area contributed by atoms with Crippen molar-refractivity contribution < 1.29 is 9.47 Å². The monoisotopic (exact) mass is 300 g/mol. The SMILES string of the molecule is CCCC(Br)C(C)c1ccc(OC)cc1OC. The summed E-state index contributed by atoms with van der Waals surface area (Å²) >= 11 is 3.75. The zero-order chi connectivity index (χ0) is 12.8. The Bertz CT molecular complexity index is 352. The van der Waals surface area contributed by atoms with Crippen molar-refractivity contribution in [1.29, 1.82) is 0 Å². The van der Waals surface area contributed by atoms with E-state index in [-0.39, 0.29) is 0 Å². The first-order valence-electron chi connectivity index (χ1n) is 6.00. The van der Waals surface area contributed by atoms with Crippen molar-refractivity contribution in [1.82, 2.24) is 0 Å². The van der Waals surface area contributed by atoms with Gasteiger partial charge < -0.3 is 9.47 Å². The molecule has 17 heavy (non-hydrogen) atoms. The molecule has 0 saturated carbocycles. The highest BCUT2D eigenvalue weighted by Crippen LogP contribution is 2.35.